The molecule has 0 radical (unpaired) electrons. The van der Waals surface area contributed by atoms with Gasteiger partial charge in [-0.25, -0.2) is 0 Å². The molecule has 2 aromatic carbocycles. The number of hydrogen-bond donors (Lipinski definition) is 2. The number of aryl methyl sites for hydroxylation is 1. The molecule has 1 heterocycles. The number of nitrogens with zero attached hydrogens (tertiary/aromatic N) is 3. The number of rotatable bonds is 7. The third kappa shape index (κ3) is 4.38. The maximum absolute atomic E-state index is 5.43. The van der Waals surface area contributed by atoms with Crippen molar-refractivity contribution < 1.29 is 9.47 Å². The van der Waals surface area contributed by atoms with Crippen LogP contribution in [0, 0.1) is 6.92 Å². The van der Waals surface area contributed by atoms with Crippen LogP contribution in [0.15, 0.2) is 48.7 Å². The molecule has 3 rings (SSSR count). The van der Waals surface area contributed by atoms with Crippen molar-refractivity contribution in [3.63, 3.8) is 0 Å². The van der Waals surface area contributed by atoms with Crippen LogP contribution in [0.5, 0.6) is 11.5 Å². The van der Waals surface area contributed by atoms with Crippen molar-refractivity contribution in [1.82, 2.24) is 15.2 Å². The molecule has 0 bridgehead atoms. The van der Waals surface area contributed by atoms with E-state index >= 15 is 0 Å². The van der Waals surface area contributed by atoms with Crippen molar-refractivity contribution in [2.24, 2.45) is 0 Å². The Morgan fingerprint density at radius 2 is 1.85 bits per heavy atom. The summed E-state index contributed by atoms with van der Waals surface area (Å²) in [6, 6.07) is 13.5. The molecule has 26 heavy (non-hydrogen) atoms. The number of nitrogens with one attached hydrogen (secondary N) is 2. The second kappa shape index (κ2) is 8.15. The smallest absolute Gasteiger partial charge is 0.249 e. The van der Waals surface area contributed by atoms with E-state index in [1.165, 1.54) is 0 Å². The number of benzene rings is 2. The van der Waals surface area contributed by atoms with E-state index in [1.54, 1.807) is 13.3 Å². The summed E-state index contributed by atoms with van der Waals surface area (Å²) in [5.41, 5.74) is 2.78. The molecule has 0 aliphatic heterocycles. The van der Waals surface area contributed by atoms with Gasteiger partial charge in [0.15, 0.2) is 5.82 Å². The Morgan fingerprint density at radius 3 is 2.58 bits per heavy atom. The first-order valence-corrected chi connectivity index (χ1v) is 8.29. The van der Waals surface area contributed by atoms with Gasteiger partial charge in [-0.2, -0.15) is 10.1 Å². The zero-order valence-corrected chi connectivity index (χ0v) is 15.0. The van der Waals surface area contributed by atoms with Gasteiger partial charge in [0, 0.05) is 5.69 Å². The van der Waals surface area contributed by atoms with Crippen molar-refractivity contribution in [2.75, 3.05) is 24.4 Å². The molecule has 0 aliphatic rings. The van der Waals surface area contributed by atoms with Gasteiger partial charge in [0.2, 0.25) is 5.95 Å². The largest absolute Gasteiger partial charge is 0.495 e. The summed E-state index contributed by atoms with van der Waals surface area (Å²) in [6.45, 7) is 4.60. The zero-order valence-electron chi connectivity index (χ0n) is 15.0. The summed E-state index contributed by atoms with van der Waals surface area (Å²) in [7, 11) is 1.63. The van der Waals surface area contributed by atoms with Crippen LogP contribution in [-0.4, -0.2) is 28.9 Å². The van der Waals surface area contributed by atoms with Gasteiger partial charge in [-0.3, -0.25) is 0 Å². The van der Waals surface area contributed by atoms with E-state index < -0.39 is 0 Å². The maximum Gasteiger partial charge on any atom is 0.249 e. The van der Waals surface area contributed by atoms with Crippen molar-refractivity contribution >= 4 is 23.1 Å². The number of hydrogen-bond acceptors (Lipinski definition) is 7. The van der Waals surface area contributed by atoms with Crippen molar-refractivity contribution in [3.8, 4) is 11.5 Å². The second-order valence-electron chi connectivity index (χ2n) is 5.58. The molecular weight excluding hydrogens is 330 g/mol. The van der Waals surface area contributed by atoms with Crippen LogP contribution in [-0.2, 0) is 0 Å². The number of methoxy groups -OCH3 is 1. The predicted molar refractivity (Wildman–Crippen MR) is 102 cm³/mol. The molecule has 1 aromatic heterocycles. The fraction of sp³-hybridized carbons (Fsp3) is 0.211. The predicted octanol–water partition coefficient (Wildman–Crippen LogP) is 4.07. The third-order valence-electron chi connectivity index (χ3n) is 3.60. The minimum absolute atomic E-state index is 0.394. The molecule has 0 atom stereocenters. The molecule has 0 saturated heterocycles. The molecular formula is C19H21N5O2. The topological polar surface area (TPSA) is 81.2 Å². The Morgan fingerprint density at radius 1 is 1.04 bits per heavy atom. The zero-order chi connectivity index (χ0) is 18.4. The Kier molecular flexibility index (Phi) is 5.48. The summed E-state index contributed by atoms with van der Waals surface area (Å²) < 4.78 is 10.8. The lowest BCUT2D eigenvalue weighted by Crippen LogP contribution is -2.03. The Bertz CT molecular complexity index is 868. The van der Waals surface area contributed by atoms with Gasteiger partial charge in [0.1, 0.15) is 11.5 Å². The van der Waals surface area contributed by atoms with Crippen LogP contribution in [0.4, 0.5) is 23.1 Å². The van der Waals surface area contributed by atoms with Gasteiger partial charge in [-0.15, -0.1) is 5.10 Å². The van der Waals surface area contributed by atoms with Gasteiger partial charge in [-0.1, -0.05) is 6.07 Å². The highest BCUT2D eigenvalue weighted by atomic mass is 16.5. The maximum atomic E-state index is 5.43. The summed E-state index contributed by atoms with van der Waals surface area (Å²) in [5.74, 6) is 2.51. The van der Waals surface area contributed by atoms with Crippen LogP contribution < -0.4 is 20.1 Å². The first-order valence-electron chi connectivity index (χ1n) is 8.29. The Hall–Kier alpha value is -3.35. The van der Waals surface area contributed by atoms with E-state index in [4.69, 9.17) is 9.47 Å². The minimum atomic E-state index is 0.394. The summed E-state index contributed by atoms with van der Waals surface area (Å²) in [4.78, 5) is 4.44. The van der Waals surface area contributed by atoms with Gasteiger partial charge in [0.05, 0.1) is 25.6 Å². The first-order chi connectivity index (χ1) is 12.7. The summed E-state index contributed by atoms with van der Waals surface area (Å²) >= 11 is 0. The lowest BCUT2D eigenvalue weighted by molar-refractivity contribution is 0.340. The Balaban J connectivity index is 1.75. The standard InChI is InChI=1S/C19H21N5O2/c1-4-26-15-8-6-14(7-9-15)21-19-23-18(12-20-24-19)22-16-11-13(2)5-10-17(16)25-3/h5-12H,4H2,1-3H3,(H2,21,22,23,24). The fourth-order valence-electron chi connectivity index (χ4n) is 2.40. The lowest BCUT2D eigenvalue weighted by atomic mass is 10.2. The molecule has 0 aliphatic carbocycles. The van der Waals surface area contributed by atoms with Gasteiger partial charge in [0.25, 0.3) is 0 Å². The highest BCUT2D eigenvalue weighted by Gasteiger charge is 2.07. The van der Waals surface area contributed by atoms with Gasteiger partial charge < -0.3 is 20.1 Å². The third-order valence-corrected chi connectivity index (χ3v) is 3.60. The number of aromatic nitrogens is 3. The average molecular weight is 351 g/mol. The van der Waals surface area contributed by atoms with Crippen LogP contribution in [0.1, 0.15) is 12.5 Å². The van der Waals surface area contributed by atoms with E-state index in [2.05, 4.69) is 25.8 Å². The fourth-order valence-corrected chi connectivity index (χ4v) is 2.40. The van der Waals surface area contributed by atoms with Crippen LogP contribution >= 0.6 is 0 Å². The highest BCUT2D eigenvalue weighted by molar-refractivity contribution is 5.65. The SMILES string of the molecule is CCOc1ccc(Nc2nncc(Nc3cc(C)ccc3OC)n2)cc1. The van der Waals surface area contributed by atoms with Gasteiger partial charge >= 0.3 is 0 Å². The molecule has 2 N–H and O–H groups in total. The quantitative estimate of drug-likeness (QED) is 0.664. The van der Waals surface area contributed by atoms with Crippen molar-refractivity contribution in [1.29, 1.82) is 0 Å². The van der Waals surface area contributed by atoms with E-state index in [9.17, 15) is 0 Å². The highest BCUT2D eigenvalue weighted by Crippen LogP contribution is 2.28. The number of anilines is 4. The van der Waals surface area contributed by atoms with Crippen LogP contribution in [0.25, 0.3) is 0 Å². The van der Waals surface area contributed by atoms with E-state index in [0.717, 1.165) is 28.4 Å². The van der Waals surface area contributed by atoms with E-state index in [-0.39, 0.29) is 0 Å². The minimum Gasteiger partial charge on any atom is -0.495 e. The molecule has 0 fully saturated rings. The average Bonchev–Trinajstić information content (AvgIpc) is 2.64. The molecule has 0 saturated carbocycles. The molecule has 0 amide bonds. The summed E-state index contributed by atoms with van der Waals surface area (Å²) in [6.07, 6.45) is 1.56. The van der Waals surface area contributed by atoms with E-state index in [1.807, 2.05) is 56.3 Å². The molecule has 0 unspecified atom stereocenters. The Labute approximate surface area is 152 Å². The van der Waals surface area contributed by atoms with Crippen LogP contribution in [0.2, 0.25) is 0 Å². The molecule has 0 spiro atoms. The van der Waals surface area contributed by atoms with Gasteiger partial charge in [-0.05, 0) is 55.8 Å². The second-order valence-corrected chi connectivity index (χ2v) is 5.58. The number of ether oxygens (including phenoxy) is 2. The van der Waals surface area contributed by atoms with Crippen molar-refractivity contribution in [2.45, 2.75) is 13.8 Å². The molecule has 134 valence electrons. The van der Waals surface area contributed by atoms with Crippen LogP contribution in [0.3, 0.4) is 0 Å². The van der Waals surface area contributed by atoms with Crippen molar-refractivity contribution in [3.05, 3.63) is 54.2 Å². The molecule has 7 heteroatoms. The molecule has 7 nitrogen and oxygen atoms in total. The normalized spacial score (nSPS) is 10.3. The molecule has 3 aromatic rings. The van der Waals surface area contributed by atoms with E-state index in [0.29, 0.717) is 18.4 Å². The monoisotopic (exact) mass is 351 g/mol. The summed E-state index contributed by atoms with van der Waals surface area (Å²) in [5, 5.41) is 14.4. The lowest BCUT2D eigenvalue weighted by Gasteiger charge is -2.12. The first kappa shape index (κ1) is 17.5.